The SMILES string of the molecule is C#Cc1ccc(C(=O)N[C@H](Cc2cnc[nH]2)C(=O)OCC(C)C)cc1. The number of benzene rings is 1. The Bertz CT molecular complexity index is 743. The molecule has 2 rings (SSSR count). The summed E-state index contributed by atoms with van der Waals surface area (Å²) in [6, 6.07) is 5.79. The van der Waals surface area contributed by atoms with Crippen molar-refractivity contribution < 1.29 is 14.3 Å². The van der Waals surface area contributed by atoms with E-state index in [1.54, 1.807) is 30.5 Å². The summed E-state index contributed by atoms with van der Waals surface area (Å²) in [6.07, 6.45) is 8.71. The van der Waals surface area contributed by atoms with Gasteiger partial charge in [-0.15, -0.1) is 6.42 Å². The average Bonchev–Trinajstić information content (AvgIpc) is 3.12. The highest BCUT2D eigenvalue weighted by Crippen LogP contribution is 2.07. The lowest BCUT2D eigenvalue weighted by Crippen LogP contribution is -2.43. The van der Waals surface area contributed by atoms with Gasteiger partial charge in [0.1, 0.15) is 6.04 Å². The number of imidazole rings is 1. The molecule has 2 aromatic rings. The monoisotopic (exact) mass is 339 g/mol. The number of hydrogen-bond donors (Lipinski definition) is 2. The van der Waals surface area contributed by atoms with Crippen molar-refractivity contribution in [2.75, 3.05) is 6.61 Å². The number of H-pyrrole nitrogens is 1. The summed E-state index contributed by atoms with van der Waals surface area (Å²) in [5, 5.41) is 2.72. The molecule has 6 nitrogen and oxygen atoms in total. The predicted molar refractivity (Wildman–Crippen MR) is 93.7 cm³/mol. The summed E-state index contributed by atoms with van der Waals surface area (Å²) in [7, 11) is 0. The van der Waals surface area contributed by atoms with E-state index in [1.807, 2.05) is 13.8 Å². The van der Waals surface area contributed by atoms with Crippen LogP contribution in [0, 0.1) is 18.3 Å². The van der Waals surface area contributed by atoms with E-state index in [2.05, 4.69) is 21.2 Å². The topological polar surface area (TPSA) is 84.1 Å². The van der Waals surface area contributed by atoms with E-state index in [0.29, 0.717) is 17.7 Å². The molecule has 1 atom stereocenters. The lowest BCUT2D eigenvalue weighted by Gasteiger charge is -2.18. The third-order valence-electron chi connectivity index (χ3n) is 3.44. The van der Waals surface area contributed by atoms with Crippen LogP contribution in [0.1, 0.15) is 35.5 Å². The summed E-state index contributed by atoms with van der Waals surface area (Å²) in [5.41, 5.74) is 1.83. The molecule has 0 saturated heterocycles. The number of hydrogen-bond acceptors (Lipinski definition) is 4. The van der Waals surface area contributed by atoms with Crippen molar-refractivity contribution in [3.05, 3.63) is 53.6 Å². The number of esters is 1. The summed E-state index contributed by atoms with van der Waals surface area (Å²) < 4.78 is 5.27. The van der Waals surface area contributed by atoms with Crippen LogP contribution in [0.4, 0.5) is 0 Å². The third kappa shape index (κ3) is 5.50. The second-order valence-corrected chi connectivity index (χ2v) is 6.05. The van der Waals surface area contributed by atoms with Gasteiger partial charge in [0, 0.05) is 29.4 Å². The minimum absolute atomic E-state index is 0.212. The smallest absolute Gasteiger partial charge is 0.329 e. The molecule has 130 valence electrons. The first-order valence-corrected chi connectivity index (χ1v) is 8.01. The summed E-state index contributed by atoms with van der Waals surface area (Å²) in [6.45, 7) is 4.19. The number of aromatic nitrogens is 2. The number of nitrogens with one attached hydrogen (secondary N) is 2. The molecule has 0 bridgehead atoms. The second-order valence-electron chi connectivity index (χ2n) is 6.05. The predicted octanol–water partition coefficient (Wildman–Crippen LogP) is 1.93. The number of carbonyl (C=O) groups is 2. The molecule has 25 heavy (non-hydrogen) atoms. The molecule has 1 aromatic heterocycles. The molecular formula is C19H21N3O3. The number of nitrogens with zero attached hydrogens (tertiary/aromatic N) is 1. The van der Waals surface area contributed by atoms with Crippen molar-refractivity contribution >= 4 is 11.9 Å². The Morgan fingerprint density at radius 3 is 2.60 bits per heavy atom. The number of rotatable bonds is 7. The third-order valence-corrected chi connectivity index (χ3v) is 3.44. The molecule has 0 unspecified atom stereocenters. The first-order chi connectivity index (χ1) is 12.0. The average molecular weight is 339 g/mol. The van der Waals surface area contributed by atoms with E-state index in [1.165, 1.54) is 6.33 Å². The van der Waals surface area contributed by atoms with Crippen molar-refractivity contribution in [2.24, 2.45) is 5.92 Å². The quantitative estimate of drug-likeness (QED) is 0.596. The van der Waals surface area contributed by atoms with Crippen molar-refractivity contribution in [3.63, 3.8) is 0 Å². The Morgan fingerprint density at radius 2 is 2.04 bits per heavy atom. The second kappa shape index (κ2) is 8.69. The fraction of sp³-hybridized carbons (Fsp3) is 0.316. The number of aromatic amines is 1. The Hall–Kier alpha value is -3.07. The van der Waals surface area contributed by atoms with Gasteiger partial charge in [-0.3, -0.25) is 4.79 Å². The van der Waals surface area contributed by atoms with Crippen LogP contribution in [0.15, 0.2) is 36.8 Å². The van der Waals surface area contributed by atoms with E-state index in [0.717, 1.165) is 5.69 Å². The summed E-state index contributed by atoms with van der Waals surface area (Å²) in [4.78, 5) is 31.6. The number of carbonyl (C=O) groups excluding carboxylic acids is 2. The molecule has 1 aromatic carbocycles. The van der Waals surface area contributed by atoms with Gasteiger partial charge in [0.05, 0.1) is 12.9 Å². The zero-order chi connectivity index (χ0) is 18.2. The van der Waals surface area contributed by atoms with Crippen molar-refractivity contribution in [3.8, 4) is 12.3 Å². The normalized spacial score (nSPS) is 11.6. The molecule has 0 radical (unpaired) electrons. The van der Waals surface area contributed by atoms with Crippen LogP contribution in [0.3, 0.4) is 0 Å². The number of ether oxygens (including phenoxy) is 1. The summed E-state index contributed by atoms with van der Waals surface area (Å²) in [5.74, 6) is 1.86. The Balaban J connectivity index is 2.09. The van der Waals surface area contributed by atoms with E-state index in [4.69, 9.17) is 11.2 Å². The Morgan fingerprint density at radius 1 is 1.32 bits per heavy atom. The van der Waals surface area contributed by atoms with Gasteiger partial charge in [-0.2, -0.15) is 0 Å². The first kappa shape index (κ1) is 18.3. The molecule has 1 heterocycles. The fourth-order valence-corrected chi connectivity index (χ4v) is 2.12. The molecule has 1 amide bonds. The van der Waals surface area contributed by atoms with Crippen LogP contribution in [0.25, 0.3) is 0 Å². The van der Waals surface area contributed by atoms with Crippen molar-refractivity contribution in [1.29, 1.82) is 0 Å². The molecule has 0 spiro atoms. The Labute approximate surface area is 147 Å². The van der Waals surface area contributed by atoms with Crippen LogP contribution < -0.4 is 5.32 Å². The van der Waals surface area contributed by atoms with Gasteiger partial charge in [0.2, 0.25) is 0 Å². The van der Waals surface area contributed by atoms with Gasteiger partial charge in [-0.25, -0.2) is 9.78 Å². The van der Waals surface area contributed by atoms with Gasteiger partial charge in [0.15, 0.2) is 0 Å². The Kier molecular flexibility index (Phi) is 6.35. The molecule has 0 aliphatic rings. The highest BCUT2D eigenvalue weighted by molar-refractivity contribution is 5.96. The molecule has 0 aliphatic heterocycles. The maximum Gasteiger partial charge on any atom is 0.329 e. The largest absolute Gasteiger partial charge is 0.464 e. The molecule has 6 heteroatoms. The van der Waals surface area contributed by atoms with Crippen molar-refractivity contribution in [2.45, 2.75) is 26.3 Å². The van der Waals surface area contributed by atoms with Gasteiger partial charge in [-0.1, -0.05) is 19.8 Å². The molecule has 0 aliphatic carbocycles. The van der Waals surface area contributed by atoms with Crippen LogP contribution in [-0.4, -0.2) is 34.5 Å². The first-order valence-electron chi connectivity index (χ1n) is 8.01. The fourth-order valence-electron chi connectivity index (χ4n) is 2.12. The number of amides is 1. The highest BCUT2D eigenvalue weighted by atomic mass is 16.5. The maximum absolute atomic E-state index is 12.4. The summed E-state index contributed by atoms with van der Waals surface area (Å²) >= 11 is 0. The van der Waals surface area contributed by atoms with Crippen LogP contribution in [-0.2, 0) is 16.0 Å². The van der Waals surface area contributed by atoms with E-state index < -0.39 is 12.0 Å². The maximum atomic E-state index is 12.4. The zero-order valence-electron chi connectivity index (χ0n) is 14.3. The molecule has 0 saturated carbocycles. The van der Waals surface area contributed by atoms with Gasteiger partial charge in [-0.05, 0) is 30.2 Å². The highest BCUT2D eigenvalue weighted by Gasteiger charge is 2.24. The van der Waals surface area contributed by atoms with Gasteiger partial charge >= 0.3 is 5.97 Å². The standard InChI is InChI=1S/C19H21N3O3/c1-4-14-5-7-15(8-6-14)18(23)22-17(9-16-10-20-12-21-16)19(24)25-11-13(2)3/h1,5-8,10,12-13,17H,9,11H2,2-3H3,(H,20,21)(H,22,23)/t17-/m1/s1. The number of terminal acetylenes is 1. The van der Waals surface area contributed by atoms with E-state index in [-0.39, 0.29) is 18.2 Å². The van der Waals surface area contributed by atoms with Gasteiger partial charge in [0.25, 0.3) is 5.91 Å². The van der Waals surface area contributed by atoms with Crippen LogP contribution in [0.2, 0.25) is 0 Å². The lowest BCUT2D eigenvalue weighted by atomic mass is 10.1. The van der Waals surface area contributed by atoms with Crippen molar-refractivity contribution in [1.82, 2.24) is 15.3 Å². The van der Waals surface area contributed by atoms with Gasteiger partial charge < -0.3 is 15.0 Å². The lowest BCUT2D eigenvalue weighted by molar-refractivity contribution is -0.147. The molecular weight excluding hydrogens is 318 g/mol. The minimum Gasteiger partial charge on any atom is -0.464 e. The van der Waals surface area contributed by atoms with E-state index in [9.17, 15) is 9.59 Å². The molecule has 2 N–H and O–H groups in total. The molecule has 0 fully saturated rings. The minimum atomic E-state index is -0.806. The van der Waals surface area contributed by atoms with Crippen LogP contribution in [0.5, 0.6) is 0 Å². The zero-order valence-corrected chi connectivity index (χ0v) is 14.3. The van der Waals surface area contributed by atoms with Crippen LogP contribution >= 0.6 is 0 Å². The van der Waals surface area contributed by atoms with E-state index >= 15 is 0 Å².